The number of hydrogen-bond donors (Lipinski definition) is 10. The third-order valence-corrected chi connectivity index (χ3v) is 12.8. The van der Waals surface area contributed by atoms with E-state index in [2.05, 4.69) is 31.9 Å². The third-order valence-electron chi connectivity index (χ3n) is 12.8. The number of nitrogens with zero attached hydrogens (tertiary/aromatic N) is 6. The van der Waals surface area contributed by atoms with E-state index in [1.807, 2.05) is 9.80 Å². The highest BCUT2D eigenvalue weighted by molar-refractivity contribution is 5.95. The first-order valence-electron chi connectivity index (χ1n) is 26.1. The topological polar surface area (TPSA) is 370 Å². The SMILES string of the molecule is COCCNC(=O)c1ccc(CNCCCN(CCCCN(CCC(NCc2ccc(C(=O)NCCOC)c(=O)n2O)C(C)=O)Cc2ccc(C(=O)NCCOC)c(=O)n2O)Cc2ccc(C(=O)NCCOC)c(=O)n2O)n(O)c1=O. The zero-order chi connectivity index (χ0) is 59.4. The van der Waals surface area contributed by atoms with Gasteiger partial charge in [0.1, 0.15) is 28.0 Å². The molecule has 4 amide bonds. The number of carbonyl (C=O) groups is 5. The molecule has 0 bridgehead atoms. The van der Waals surface area contributed by atoms with Crippen LogP contribution < -0.4 is 54.1 Å². The number of nitrogens with one attached hydrogen (secondary N) is 6. The molecule has 0 spiro atoms. The summed E-state index contributed by atoms with van der Waals surface area (Å²) in [6, 6.07) is 10.1. The van der Waals surface area contributed by atoms with Crippen molar-refractivity contribution in [2.24, 2.45) is 0 Å². The van der Waals surface area contributed by atoms with Crippen molar-refractivity contribution in [3.05, 3.63) is 135 Å². The number of carbonyl (C=O) groups excluding carboxylic acids is 5. The zero-order valence-corrected chi connectivity index (χ0v) is 46.3. The van der Waals surface area contributed by atoms with E-state index in [-0.39, 0.29) is 143 Å². The minimum Gasteiger partial charge on any atom is -0.425 e. The Morgan fingerprint density at radius 2 is 0.778 bits per heavy atom. The Morgan fingerprint density at radius 1 is 0.457 bits per heavy atom. The standard InChI is InChI=1S/C52H76N12O17/c1-35(65)44(58-32-37-10-14-41(50(71)62(37)75)46(67)55-20-28-79-3)17-26-60(34-39-12-16-43(52(73)64(39)77)48(69)57-22-30-81-5)24-7-6-23-59(33-38-11-15-42(51(72)63(38)76)47(68)56-21-29-80-4)25-8-18-53-31-36-9-13-40(49(70)61(36)74)45(66)54-19-27-78-2/h9-16,44,53,58,74-77H,6-8,17-34H2,1-5H3,(H,54,66)(H,55,67)(H,56,68)(H,57,69). The Labute approximate surface area is 466 Å². The molecule has 29 heteroatoms. The molecule has 1 unspecified atom stereocenters. The van der Waals surface area contributed by atoms with Crippen LogP contribution in [0.25, 0.3) is 0 Å². The van der Waals surface area contributed by atoms with E-state index in [1.54, 1.807) is 0 Å². The molecule has 29 nitrogen and oxygen atoms in total. The molecule has 4 heterocycles. The van der Waals surface area contributed by atoms with Crippen molar-refractivity contribution in [1.82, 2.24) is 60.6 Å². The van der Waals surface area contributed by atoms with Crippen LogP contribution in [0, 0.1) is 0 Å². The lowest BCUT2D eigenvalue weighted by Gasteiger charge is -2.27. The Morgan fingerprint density at radius 3 is 1.14 bits per heavy atom. The van der Waals surface area contributed by atoms with Gasteiger partial charge < -0.3 is 71.7 Å². The maximum atomic E-state index is 13.3. The van der Waals surface area contributed by atoms with Crippen molar-refractivity contribution in [2.45, 2.75) is 64.8 Å². The number of hydrogen-bond acceptors (Lipinski definition) is 21. The number of pyridine rings is 4. The van der Waals surface area contributed by atoms with Gasteiger partial charge in [-0.15, -0.1) is 0 Å². The average Bonchev–Trinajstić information content (AvgIpc) is 3.53. The van der Waals surface area contributed by atoms with Crippen LogP contribution in [-0.2, 0) is 49.9 Å². The molecule has 0 aliphatic rings. The number of methoxy groups -OCH3 is 4. The number of amides is 4. The minimum absolute atomic E-state index is 0.0322. The first-order chi connectivity index (χ1) is 38.9. The Balaban J connectivity index is 1.53. The highest BCUT2D eigenvalue weighted by atomic mass is 16.5. The smallest absolute Gasteiger partial charge is 0.295 e. The van der Waals surface area contributed by atoms with Crippen molar-refractivity contribution >= 4 is 29.4 Å². The van der Waals surface area contributed by atoms with Crippen molar-refractivity contribution in [3.63, 3.8) is 0 Å². The molecular formula is C52H76N12O17. The Hall–Kier alpha value is -7.77. The summed E-state index contributed by atoms with van der Waals surface area (Å²) in [6.07, 6.45) is 1.61. The van der Waals surface area contributed by atoms with E-state index in [1.165, 1.54) is 83.9 Å². The second-order valence-electron chi connectivity index (χ2n) is 18.5. The summed E-state index contributed by atoms with van der Waals surface area (Å²) >= 11 is 0. The lowest BCUT2D eigenvalue weighted by Crippen LogP contribution is -2.41. The molecule has 0 radical (unpaired) electrons. The van der Waals surface area contributed by atoms with Gasteiger partial charge in [-0.2, -0.15) is 18.9 Å². The van der Waals surface area contributed by atoms with Gasteiger partial charge in [0.15, 0.2) is 0 Å². The number of rotatable bonds is 38. The first-order valence-corrected chi connectivity index (χ1v) is 26.1. The van der Waals surface area contributed by atoms with E-state index >= 15 is 0 Å². The molecule has 0 aromatic carbocycles. The molecule has 446 valence electrons. The van der Waals surface area contributed by atoms with Gasteiger partial charge in [0, 0.05) is 87.3 Å². The van der Waals surface area contributed by atoms with Gasteiger partial charge in [0.2, 0.25) is 0 Å². The Bertz CT molecular complexity index is 2980. The van der Waals surface area contributed by atoms with E-state index in [0.29, 0.717) is 64.4 Å². The highest BCUT2D eigenvalue weighted by Crippen LogP contribution is 2.12. The molecule has 0 saturated heterocycles. The molecule has 1 atom stereocenters. The Kier molecular flexibility index (Phi) is 27.9. The van der Waals surface area contributed by atoms with Gasteiger partial charge in [-0.05, 0) is 107 Å². The molecule has 4 rings (SSSR count). The zero-order valence-electron chi connectivity index (χ0n) is 46.3. The molecule has 0 saturated carbocycles. The van der Waals surface area contributed by atoms with Gasteiger partial charge in [-0.1, -0.05) is 0 Å². The van der Waals surface area contributed by atoms with E-state index in [9.17, 15) is 64.0 Å². The lowest BCUT2D eigenvalue weighted by molar-refractivity contribution is -0.119. The summed E-state index contributed by atoms with van der Waals surface area (Å²) < 4.78 is 21.3. The van der Waals surface area contributed by atoms with E-state index in [4.69, 9.17) is 18.9 Å². The van der Waals surface area contributed by atoms with E-state index < -0.39 is 51.9 Å². The van der Waals surface area contributed by atoms with Crippen LogP contribution in [0.15, 0.2) is 67.7 Å². The number of ketones is 1. The molecule has 0 aliphatic carbocycles. The van der Waals surface area contributed by atoms with Crippen LogP contribution in [0.5, 0.6) is 0 Å². The van der Waals surface area contributed by atoms with Crippen molar-refractivity contribution in [1.29, 1.82) is 0 Å². The van der Waals surface area contributed by atoms with Gasteiger partial charge in [-0.3, -0.25) is 53.0 Å². The van der Waals surface area contributed by atoms with Crippen molar-refractivity contribution in [3.8, 4) is 0 Å². The fourth-order valence-corrected chi connectivity index (χ4v) is 8.21. The molecule has 0 fully saturated rings. The minimum atomic E-state index is -0.971. The molecule has 10 N–H and O–H groups in total. The second kappa shape index (κ2) is 34.4. The van der Waals surface area contributed by atoms with Gasteiger partial charge in [0.05, 0.1) is 55.2 Å². The summed E-state index contributed by atoms with van der Waals surface area (Å²) in [7, 11) is 5.82. The summed E-state index contributed by atoms with van der Waals surface area (Å²) in [5.41, 5.74) is -4.37. The fraction of sp³-hybridized carbons (Fsp3) is 0.519. The number of ether oxygens (including phenoxy) is 4. The average molecular weight is 1140 g/mol. The number of unbranched alkanes of at least 4 members (excludes halogenated alkanes) is 1. The van der Waals surface area contributed by atoms with Gasteiger partial charge in [-0.25, -0.2) is 0 Å². The maximum Gasteiger partial charge on any atom is 0.295 e. The molecule has 4 aromatic heterocycles. The fourth-order valence-electron chi connectivity index (χ4n) is 8.21. The normalized spacial score (nSPS) is 11.7. The maximum absolute atomic E-state index is 13.3. The molecular weight excluding hydrogens is 1060 g/mol. The van der Waals surface area contributed by atoms with Crippen LogP contribution in [-0.4, -0.2) is 199 Å². The second-order valence-corrected chi connectivity index (χ2v) is 18.5. The predicted molar refractivity (Wildman–Crippen MR) is 290 cm³/mol. The van der Waals surface area contributed by atoms with Crippen LogP contribution in [0.1, 0.15) is 96.8 Å². The van der Waals surface area contributed by atoms with Gasteiger partial charge in [0.25, 0.3) is 45.9 Å². The monoisotopic (exact) mass is 1140 g/mol. The molecule has 0 aliphatic heterocycles. The van der Waals surface area contributed by atoms with Crippen LogP contribution in [0.2, 0.25) is 0 Å². The lowest BCUT2D eigenvalue weighted by atomic mass is 10.1. The predicted octanol–water partition coefficient (Wildman–Crippen LogP) is -1.81. The van der Waals surface area contributed by atoms with Crippen molar-refractivity contribution in [2.75, 3.05) is 114 Å². The molecule has 81 heavy (non-hydrogen) atoms. The third kappa shape index (κ3) is 20.1. The van der Waals surface area contributed by atoms with Crippen LogP contribution in [0.3, 0.4) is 0 Å². The first kappa shape index (κ1) is 65.7. The van der Waals surface area contributed by atoms with Crippen LogP contribution in [0.4, 0.5) is 0 Å². The molecule has 4 aromatic rings. The number of Topliss-reactive ketones (excluding diaryl/α,β-unsaturated/α-hetero) is 1. The summed E-state index contributed by atoms with van der Waals surface area (Å²) in [6.45, 7) is 4.30. The summed E-state index contributed by atoms with van der Waals surface area (Å²) in [5.74, 6) is -3.07. The van der Waals surface area contributed by atoms with E-state index in [0.717, 1.165) is 0 Å². The van der Waals surface area contributed by atoms with Crippen LogP contribution >= 0.6 is 0 Å². The summed E-state index contributed by atoms with van der Waals surface area (Å²) in [4.78, 5) is 120. The quantitative estimate of drug-likeness (QED) is 0.0175. The summed E-state index contributed by atoms with van der Waals surface area (Å²) in [5, 5.41) is 59.8. The van der Waals surface area contributed by atoms with Crippen molar-refractivity contribution < 1.29 is 63.7 Å². The number of aromatic nitrogens is 4. The van der Waals surface area contributed by atoms with Gasteiger partial charge >= 0.3 is 0 Å². The largest absolute Gasteiger partial charge is 0.425 e. The highest BCUT2D eigenvalue weighted by Gasteiger charge is 2.23.